The van der Waals surface area contributed by atoms with Crippen molar-refractivity contribution in [3.8, 4) is 17.3 Å². The van der Waals surface area contributed by atoms with Gasteiger partial charge in [0.25, 0.3) is 5.91 Å². The van der Waals surface area contributed by atoms with Gasteiger partial charge in [-0.05, 0) is 18.6 Å². The molecule has 19 heavy (non-hydrogen) atoms. The van der Waals surface area contributed by atoms with Crippen LogP contribution >= 0.6 is 0 Å². The third-order valence-electron chi connectivity index (χ3n) is 3.04. The van der Waals surface area contributed by atoms with Crippen molar-refractivity contribution in [1.29, 1.82) is 0 Å². The number of ether oxygens (including phenoxy) is 1. The van der Waals surface area contributed by atoms with E-state index < -0.39 is 0 Å². The van der Waals surface area contributed by atoms with Gasteiger partial charge in [0.1, 0.15) is 11.4 Å². The van der Waals surface area contributed by atoms with E-state index in [0.29, 0.717) is 29.5 Å². The number of carbonyl (C=O) groups excluding carboxylic acids is 1. The number of amides is 1. The van der Waals surface area contributed by atoms with Gasteiger partial charge in [-0.1, -0.05) is 6.07 Å². The zero-order valence-corrected chi connectivity index (χ0v) is 10.6. The first-order valence-electron chi connectivity index (χ1n) is 6.15. The van der Waals surface area contributed by atoms with Crippen molar-refractivity contribution in [3.05, 3.63) is 30.0 Å². The Morgan fingerprint density at radius 1 is 1.37 bits per heavy atom. The van der Waals surface area contributed by atoms with Crippen molar-refractivity contribution in [3.63, 3.8) is 0 Å². The number of aryl methyl sites for hydroxylation is 1. The van der Waals surface area contributed by atoms with E-state index in [1.54, 1.807) is 23.9 Å². The lowest BCUT2D eigenvalue weighted by Crippen LogP contribution is -2.22. The molecule has 6 heteroatoms. The van der Waals surface area contributed by atoms with E-state index in [0.717, 1.165) is 13.0 Å². The molecule has 6 nitrogen and oxygen atoms in total. The maximum absolute atomic E-state index is 11.9. The summed E-state index contributed by atoms with van der Waals surface area (Å²) < 4.78 is 6.83. The molecule has 0 spiro atoms. The van der Waals surface area contributed by atoms with Gasteiger partial charge in [-0.25, -0.2) is 4.98 Å². The second-order valence-electron chi connectivity index (χ2n) is 4.31. The van der Waals surface area contributed by atoms with Gasteiger partial charge in [-0.15, -0.1) is 0 Å². The summed E-state index contributed by atoms with van der Waals surface area (Å²) in [5.41, 5.74) is 1.97. The van der Waals surface area contributed by atoms with E-state index in [2.05, 4.69) is 15.4 Å². The fraction of sp³-hybridized carbons (Fsp3) is 0.308. The molecule has 1 aliphatic heterocycles. The molecule has 2 aromatic rings. The van der Waals surface area contributed by atoms with Gasteiger partial charge in [-0.2, -0.15) is 5.10 Å². The van der Waals surface area contributed by atoms with Crippen LogP contribution < -0.4 is 10.1 Å². The molecular formula is C13H14N4O2. The average Bonchev–Trinajstić information content (AvgIpc) is 2.80. The number of nitrogens with one attached hydrogen (secondary N) is 1. The molecule has 2 aromatic heterocycles. The third-order valence-corrected chi connectivity index (χ3v) is 3.04. The largest absolute Gasteiger partial charge is 0.481 e. The Hall–Kier alpha value is -2.37. The molecule has 0 atom stereocenters. The summed E-state index contributed by atoms with van der Waals surface area (Å²) in [5, 5.41) is 7.29. The van der Waals surface area contributed by atoms with Crippen LogP contribution in [0.2, 0.25) is 0 Å². The van der Waals surface area contributed by atoms with E-state index in [9.17, 15) is 4.79 Å². The molecule has 0 radical (unpaired) electrons. The standard InChI is InChI=1S/C13H14N4O2/c1-19-12-5-2-4-9(15-12)10-8-11-13(18)14-6-3-7-17(11)16-10/h2,4-5,8H,3,6-7H2,1H3,(H,14,18). The van der Waals surface area contributed by atoms with Crippen LogP contribution in [-0.2, 0) is 6.54 Å². The number of hydrogen-bond acceptors (Lipinski definition) is 4. The number of fused-ring (bicyclic) bond motifs is 1. The molecule has 0 bridgehead atoms. The van der Waals surface area contributed by atoms with Crippen LogP contribution in [-0.4, -0.2) is 34.3 Å². The Balaban J connectivity index is 2.02. The van der Waals surface area contributed by atoms with Crippen molar-refractivity contribution in [2.75, 3.05) is 13.7 Å². The third kappa shape index (κ3) is 2.16. The summed E-state index contributed by atoms with van der Waals surface area (Å²) in [6.45, 7) is 1.42. The zero-order valence-electron chi connectivity index (χ0n) is 10.6. The minimum absolute atomic E-state index is 0.0841. The second kappa shape index (κ2) is 4.72. The Morgan fingerprint density at radius 2 is 2.26 bits per heavy atom. The van der Waals surface area contributed by atoms with E-state index in [1.807, 2.05) is 12.1 Å². The van der Waals surface area contributed by atoms with E-state index in [1.165, 1.54) is 0 Å². The van der Waals surface area contributed by atoms with Crippen LogP contribution in [0.15, 0.2) is 24.3 Å². The Kier molecular flexibility index (Phi) is 2.91. The minimum atomic E-state index is -0.0841. The molecule has 3 heterocycles. The van der Waals surface area contributed by atoms with Crippen molar-refractivity contribution in [1.82, 2.24) is 20.1 Å². The van der Waals surface area contributed by atoms with Crippen LogP contribution in [0.25, 0.3) is 11.4 Å². The highest BCUT2D eigenvalue weighted by molar-refractivity contribution is 5.93. The highest BCUT2D eigenvalue weighted by Gasteiger charge is 2.19. The molecular weight excluding hydrogens is 244 g/mol. The number of methoxy groups -OCH3 is 1. The van der Waals surface area contributed by atoms with Gasteiger partial charge >= 0.3 is 0 Å². The van der Waals surface area contributed by atoms with E-state index in [4.69, 9.17) is 4.74 Å². The summed E-state index contributed by atoms with van der Waals surface area (Å²) in [4.78, 5) is 16.2. The fourth-order valence-corrected chi connectivity index (χ4v) is 2.09. The maximum atomic E-state index is 11.9. The van der Waals surface area contributed by atoms with Crippen LogP contribution in [0.1, 0.15) is 16.9 Å². The van der Waals surface area contributed by atoms with Crippen molar-refractivity contribution in [2.24, 2.45) is 0 Å². The summed E-state index contributed by atoms with van der Waals surface area (Å²) in [6, 6.07) is 7.24. The van der Waals surface area contributed by atoms with Gasteiger partial charge in [-0.3, -0.25) is 9.48 Å². The second-order valence-corrected chi connectivity index (χ2v) is 4.31. The average molecular weight is 258 g/mol. The molecule has 0 unspecified atom stereocenters. The van der Waals surface area contributed by atoms with Gasteiger partial charge in [0.2, 0.25) is 5.88 Å². The van der Waals surface area contributed by atoms with Gasteiger partial charge in [0.15, 0.2) is 0 Å². The molecule has 0 aromatic carbocycles. The summed E-state index contributed by atoms with van der Waals surface area (Å²) in [7, 11) is 1.57. The number of pyridine rings is 1. The lowest BCUT2D eigenvalue weighted by molar-refractivity contribution is 0.0950. The summed E-state index contributed by atoms with van der Waals surface area (Å²) in [5.74, 6) is 0.448. The normalized spacial score (nSPS) is 14.5. The number of hydrogen-bond donors (Lipinski definition) is 1. The Morgan fingerprint density at radius 3 is 3.11 bits per heavy atom. The van der Waals surface area contributed by atoms with Crippen molar-refractivity contribution >= 4 is 5.91 Å². The molecule has 0 saturated heterocycles. The highest BCUT2D eigenvalue weighted by atomic mass is 16.5. The first kappa shape index (κ1) is 11.7. The van der Waals surface area contributed by atoms with E-state index in [-0.39, 0.29) is 5.91 Å². The SMILES string of the molecule is COc1cccc(-c2cc3n(n2)CCCNC3=O)n1. The zero-order chi connectivity index (χ0) is 13.2. The fourth-order valence-electron chi connectivity index (χ4n) is 2.09. The Labute approximate surface area is 110 Å². The topological polar surface area (TPSA) is 69.0 Å². The van der Waals surface area contributed by atoms with Gasteiger partial charge in [0, 0.05) is 19.2 Å². The van der Waals surface area contributed by atoms with Gasteiger partial charge in [0.05, 0.1) is 12.8 Å². The first-order chi connectivity index (χ1) is 9.28. The predicted octanol–water partition coefficient (Wildman–Crippen LogP) is 1.09. The predicted molar refractivity (Wildman–Crippen MR) is 69.0 cm³/mol. The number of rotatable bonds is 2. The minimum Gasteiger partial charge on any atom is -0.481 e. The molecule has 1 N–H and O–H groups in total. The van der Waals surface area contributed by atoms with E-state index >= 15 is 0 Å². The Bertz CT molecular complexity index is 621. The molecule has 3 rings (SSSR count). The van der Waals surface area contributed by atoms with Crippen molar-refractivity contribution in [2.45, 2.75) is 13.0 Å². The lowest BCUT2D eigenvalue weighted by atomic mass is 10.2. The smallest absolute Gasteiger partial charge is 0.269 e. The van der Waals surface area contributed by atoms with Crippen LogP contribution in [0, 0.1) is 0 Å². The maximum Gasteiger partial charge on any atom is 0.269 e. The summed E-state index contributed by atoms with van der Waals surface area (Å²) in [6.07, 6.45) is 0.880. The lowest BCUT2D eigenvalue weighted by Gasteiger charge is -2.01. The monoisotopic (exact) mass is 258 g/mol. The van der Waals surface area contributed by atoms with Crippen LogP contribution in [0.3, 0.4) is 0 Å². The van der Waals surface area contributed by atoms with Gasteiger partial charge < -0.3 is 10.1 Å². The first-order valence-corrected chi connectivity index (χ1v) is 6.15. The molecule has 0 fully saturated rings. The quantitative estimate of drug-likeness (QED) is 0.875. The molecule has 1 aliphatic rings. The number of nitrogens with zero attached hydrogens (tertiary/aromatic N) is 3. The molecule has 1 amide bonds. The molecule has 0 saturated carbocycles. The highest BCUT2D eigenvalue weighted by Crippen LogP contribution is 2.20. The number of aromatic nitrogens is 3. The summed E-state index contributed by atoms with van der Waals surface area (Å²) >= 11 is 0. The molecule has 98 valence electrons. The van der Waals surface area contributed by atoms with Crippen LogP contribution in [0.5, 0.6) is 5.88 Å². The van der Waals surface area contributed by atoms with Crippen LogP contribution in [0.4, 0.5) is 0 Å². The number of carbonyl (C=O) groups is 1. The van der Waals surface area contributed by atoms with Crippen molar-refractivity contribution < 1.29 is 9.53 Å². The molecule has 0 aliphatic carbocycles.